The molecule has 0 bridgehead atoms. The topological polar surface area (TPSA) is 37.3 Å². The van der Waals surface area contributed by atoms with E-state index in [0.717, 1.165) is 6.29 Å². The van der Waals surface area contributed by atoms with E-state index in [-0.39, 0.29) is 6.61 Å². The number of aliphatic hydroxyl groups is 1. The number of carbonyl (C=O) groups excluding carboxylic acids is 1. The van der Waals surface area contributed by atoms with Crippen molar-refractivity contribution in [3.63, 3.8) is 0 Å². The molecule has 0 aliphatic rings. The highest BCUT2D eigenvalue weighted by atomic mass is 16.3. The molecule has 0 radical (unpaired) electrons. The first-order valence-corrected chi connectivity index (χ1v) is 2.99. The van der Waals surface area contributed by atoms with E-state index in [2.05, 4.69) is 0 Å². The van der Waals surface area contributed by atoms with Crippen LogP contribution >= 0.6 is 0 Å². The molecule has 0 aromatic carbocycles. The molecule has 3 heteroatoms. The second kappa shape index (κ2) is 3.58. The van der Waals surface area contributed by atoms with E-state index in [0.29, 0.717) is 17.6 Å². The van der Waals surface area contributed by atoms with Crippen LogP contribution in [0.1, 0.15) is 0 Å². The molecule has 0 spiro atoms. The van der Waals surface area contributed by atoms with Gasteiger partial charge < -0.3 is 9.59 Å². The second-order valence-corrected chi connectivity index (χ2v) is 2.73. The molecule has 0 unspecified atom stereocenters. The van der Waals surface area contributed by atoms with E-state index < -0.39 is 0 Å². The molecule has 0 aromatic heterocycles. The first-order valence-electron chi connectivity index (χ1n) is 2.99. The average Bonchev–Trinajstić information content (AvgIpc) is 1.64. The number of hydrogen-bond donors (Lipinski definition) is 1. The molecule has 0 fully saturated rings. The first kappa shape index (κ1) is 8.59. The quantitative estimate of drug-likeness (QED) is 0.404. The van der Waals surface area contributed by atoms with Crippen molar-refractivity contribution in [2.75, 3.05) is 33.8 Å². The van der Waals surface area contributed by atoms with Gasteiger partial charge in [0.15, 0.2) is 6.29 Å². The predicted molar refractivity (Wildman–Crippen MR) is 35.0 cm³/mol. The number of likely N-dealkylation sites (N-methyl/N-ethyl adjacent to an activating group) is 1. The molecule has 0 atom stereocenters. The van der Waals surface area contributed by atoms with Crippen molar-refractivity contribution in [1.29, 1.82) is 0 Å². The van der Waals surface area contributed by atoms with Crippen LogP contribution in [0.4, 0.5) is 0 Å². The van der Waals surface area contributed by atoms with E-state index >= 15 is 0 Å². The smallest absolute Gasteiger partial charge is 0.174 e. The summed E-state index contributed by atoms with van der Waals surface area (Å²) in [5, 5.41) is 8.50. The Kier molecular flexibility index (Phi) is 3.42. The average molecular weight is 132 g/mol. The normalized spacial score (nSPS) is 11.4. The van der Waals surface area contributed by atoms with Crippen LogP contribution in [0.15, 0.2) is 0 Å². The van der Waals surface area contributed by atoms with Crippen molar-refractivity contribution in [3.05, 3.63) is 0 Å². The number of hydrogen-bond acceptors (Lipinski definition) is 2. The van der Waals surface area contributed by atoms with Crippen molar-refractivity contribution >= 4 is 6.29 Å². The fourth-order valence-corrected chi connectivity index (χ4v) is 0.564. The monoisotopic (exact) mass is 132 g/mol. The Hall–Kier alpha value is -0.410. The second-order valence-electron chi connectivity index (χ2n) is 2.73. The van der Waals surface area contributed by atoms with Crippen LogP contribution < -0.4 is 0 Å². The first-order chi connectivity index (χ1) is 4.12. The highest BCUT2D eigenvalue weighted by molar-refractivity contribution is 5.50. The molecule has 54 valence electrons. The molecule has 0 aliphatic heterocycles. The van der Waals surface area contributed by atoms with Gasteiger partial charge in [-0.05, 0) is 0 Å². The molecule has 1 N–H and O–H groups in total. The summed E-state index contributed by atoms with van der Waals surface area (Å²) in [6, 6.07) is 0. The Morgan fingerprint density at radius 3 is 2.44 bits per heavy atom. The zero-order valence-electron chi connectivity index (χ0n) is 6.00. The van der Waals surface area contributed by atoms with Crippen molar-refractivity contribution in [1.82, 2.24) is 0 Å². The Morgan fingerprint density at radius 1 is 1.56 bits per heavy atom. The van der Waals surface area contributed by atoms with E-state index in [1.165, 1.54) is 0 Å². The van der Waals surface area contributed by atoms with Crippen molar-refractivity contribution < 1.29 is 14.4 Å². The minimum atomic E-state index is 0.140. The lowest BCUT2D eigenvalue weighted by atomic mass is 10.4. The molecule has 0 amide bonds. The summed E-state index contributed by atoms with van der Waals surface area (Å²) < 4.78 is 0.569. The number of aliphatic hydroxyl groups excluding tert-OH is 1. The minimum absolute atomic E-state index is 0.140. The Morgan fingerprint density at radius 2 is 2.11 bits per heavy atom. The van der Waals surface area contributed by atoms with Gasteiger partial charge in [-0.1, -0.05) is 0 Å². The van der Waals surface area contributed by atoms with Gasteiger partial charge in [-0.15, -0.1) is 0 Å². The van der Waals surface area contributed by atoms with Crippen molar-refractivity contribution in [3.8, 4) is 0 Å². The van der Waals surface area contributed by atoms with Gasteiger partial charge in [0.05, 0.1) is 20.7 Å². The summed E-state index contributed by atoms with van der Waals surface area (Å²) in [6.45, 7) is 1.25. The fraction of sp³-hybridized carbons (Fsp3) is 0.833. The lowest BCUT2D eigenvalue weighted by Crippen LogP contribution is -2.43. The summed E-state index contributed by atoms with van der Waals surface area (Å²) in [6.07, 6.45) is 0.871. The Bertz CT molecular complexity index is 91.1. The Labute approximate surface area is 55.5 Å². The van der Waals surface area contributed by atoms with E-state index in [1.807, 2.05) is 14.1 Å². The summed E-state index contributed by atoms with van der Waals surface area (Å²) in [7, 11) is 3.81. The molecule has 0 saturated carbocycles. The maximum Gasteiger partial charge on any atom is 0.174 e. The van der Waals surface area contributed by atoms with Gasteiger partial charge in [-0.25, -0.2) is 0 Å². The highest BCUT2D eigenvalue weighted by Crippen LogP contribution is 1.91. The molecule has 0 saturated heterocycles. The number of carbonyl (C=O) groups is 1. The predicted octanol–water partition coefficient (Wildman–Crippen LogP) is -0.746. The standard InChI is InChI=1S/C6H14NO2/c1-7(2,3-5-8)4-6-9/h5,9H,3-4,6H2,1-2H3/q+1. The van der Waals surface area contributed by atoms with Crippen molar-refractivity contribution in [2.24, 2.45) is 0 Å². The molecule has 3 nitrogen and oxygen atoms in total. The Balaban J connectivity index is 3.55. The van der Waals surface area contributed by atoms with E-state index in [9.17, 15) is 4.79 Å². The maximum atomic E-state index is 10.00. The number of quaternary nitrogens is 1. The SMILES string of the molecule is C[N+](C)(CC=O)CCO. The number of nitrogens with zero attached hydrogens (tertiary/aromatic N) is 1. The summed E-state index contributed by atoms with van der Waals surface area (Å²) in [4.78, 5) is 10.00. The zero-order chi connectivity index (χ0) is 7.33. The number of rotatable bonds is 4. The van der Waals surface area contributed by atoms with Crippen LogP contribution in [0.2, 0.25) is 0 Å². The fourth-order valence-electron chi connectivity index (χ4n) is 0.564. The van der Waals surface area contributed by atoms with Gasteiger partial charge in [0, 0.05) is 0 Å². The maximum absolute atomic E-state index is 10.00. The van der Waals surface area contributed by atoms with Crippen LogP contribution in [0.3, 0.4) is 0 Å². The molecule has 0 heterocycles. The third kappa shape index (κ3) is 4.12. The third-order valence-electron chi connectivity index (χ3n) is 1.27. The van der Waals surface area contributed by atoms with Gasteiger partial charge in [-0.2, -0.15) is 0 Å². The summed E-state index contributed by atoms with van der Waals surface area (Å²) in [5.74, 6) is 0. The van der Waals surface area contributed by atoms with Crippen molar-refractivity contribution in [2.45, 2.75) is 0 Å². The van der Waals surface area contributed by atoms with Crippen LogP contribution in [-0.4, -0.2) is 49.7 Å². The molecule has 0 aromatic rings. The van der Waals surface area contributed by atoms with Crippen LogP contribution in [-0.2, 0) is 4.79 Å². The third-order valence-corrected chi connectivity index (χ3v) is 1.27. The van der Waals surface area contributed by atoms with Crippen LogP contribution in [0, 0.1) is 0 Å². The molecule has 0 rings (SSSR count). The highest BCUT2D eigenvalue weighted by Gasteiger charge is 2.11. The van der Waals surface area contributed by atoms with Crippen LogP contribution in [0.25, 0.3) is 0 Å². The van der Waals surface area contributed by atoms with E-state index in [1.54, 1.807) is 0 Å². The van der Waals surface area contributed by atoms with Crippen LogP contribution in [0.5, 0.6) is 0 Å². The lowest BCUT2D eigenvalue weighted by Gasteiger charge is -2.25. The van der Waals surface area contributed by atoms with E-state index in [4.69, 9.17) is 5.11 Å². The largest absolute Gasteiger partial charge is 0.391 e. The van der Waals surface area contributed by atoms with Gasteiger partial charge in [-0.3, -0.25) is 4.79 Å². The molecule has 0 aliphatic carbocycles. The lowest BCUT2D eigenvalue weighted by molar-refractivity contribution is -0.881. The molecular formula is C6H14NO2+. The minimum Gasteiger partial charge on any atom is -0.391 e. The van der Waals surface area contributed by atoms with Gasteiger partial charge >= 0.3 is 0 Å². The number of aldehydes is 1. The van der Waals surface area contributed by atoms with Gasteiger partial charge in [0.1, 0.15) is 13.1 Å². The summed E-state index contributed by atoms with van der Waals surface area (Å²) >= 11 is 0. The molecular weight excluding hydrogens is 118 g/mol. The van der Waals surface area contributed by atoms with Gasteiger partial charge in [0.25, 0.3) is 0 Å². The zero-order valence-corrected chi connectivity index (χ0v) is 6.00. The summed E-state index contributed by atoms with van der Waals surface area (Å²) in [5.41, 5.74) is 0. The van der Waals surface area contributed by atoms with Gasteiger partial charge in [0.2, 0.25) is 0 Å². The molecule has 9 heavy (non-hydrogen) atoms.